The van der Waals surface area contributed by atoms with Crippen LogP contribution in [-0.4, -0.2) is 73.2 Å². The number of hydrogen-bond acceptors (Lipinski definition) is 4. The number of benzene rings is 1. The molecule has 0 aliphatic carbocycles. The zero-order valence-corrected chi connectivity index (χ0v) is 20.3. The number of aryl methyl sites for hydroxylation is 1. The number of nitrogens with one attached hydrogen (secondary N) is 4. The predicted molar refractivity (Wildman–Crippen MR) is 130 cm³/mol. The number of likely N-dealkylation sites (N-methyl/N-ethyl adjacent to an activating group) is 2. The summed E-state index contributed by atoms with van der Waals surface area (Å²) >= 11 is 0. The van der Waals surface area contributed by atoms with Crippen LogP contribution in [0.4, 0.5) is 21.0 Å². The van der Waals surface area contributed by atoms with E-state index in [4.69, 9.17) is 0 Å². The highest BCUT2D eigenvalue weighted by Crippen LogP contribution is 2.20. The van der Waals surface area contributed by atoms with Crippen molar-refractivity contribution in [1.29, 1.82) is 0 Å². The second-order valence-electron chi connectivity index (χ2n) is 7.84. The van der Waals surface area contributed by atoms with E-state index in [1.54, 1.807) is 6.07 Å². The van der Waals surface area contributed by atoms with E-state index in [9.17, 15) is 9.59 Å². The summed E-state index contributed by atoms with van der Waals surface area (Å²) in [6, 6.07) is 5.49. The Balaban J connectivity index is 2.60. The van der Waals surface area contributed by atoms with E-state index in [0.717, 1.165) is 31.7 Å². The summed E-state index contributed by atoms with van der Waals surface area (Å²) in [5, 5.41) is 11.6. The lowest BCUT2D eigenvalue weighted by atomic mass is 10.2. The number of amides is 4. The second-order valence-corrected chi connectivity index (χ2v) is 7.84. The Morgan fingerprint density at radius 1 is 0.806 bits per heavy atom. The van der Waals surface area contributed by atoms with Gasteiger partial charge >= 0.3 is 12.1 Å². The highest BCUT2D eigenvalue weighted by atomic mass is 16.2. The van der Waals surface area contributed by atoms with Crippen molar-refractivity contribution >= 4 is 23.4 Å². The van der Waals surface area contributed by atoms with Crippen molar-refractivity contribution in [3.63, 3.8) is 0 Å². The molecule has 0 aliphatic heterocycles. The molecule has 0 aliphatic rings. The maximum atomic E-state index is 12.4. The molecule has 0 saturated heterocycles. The Hall–Kier alpha value is -2.32. The van der Waals surface area contributed by atoms with Gasteiger partial charge in [0.25, 0.3) is 0 Å². The summed E-state index contributed by atoms with van der Waals surface area (Å²) in [5.74, 6) is 0. The van der Waals surface area contributed by atoms with Gasteiger partial charge in [-0.05, 0) is 64.6 Å². The molecule has 4 amide bonds. The number of carbonyl (C=O) groups is 2. The highest BCUT2D eigenvalue weighted by molar-refractivity contribution is 5.93. The van der Waals surface area contributed by atoms with Gasteiger partial charge in [0.1, 0.15) is 0 Å². The fourth-order valence-corrected chi connectivity index (χ4v) is 3.61. The Labute approximate surface area is 188 Å². The quantitative estimate of drug-likeness (QED) is 0.404. The molecule has 8 heteroatoms. The lowest BCUT2D eigenvalue weighted by molar-refractivity contribution is 0.219. The molecule has 176 valence electrons. The van der Waals surface area contributed by atoms with Gasteiger partial charge in [0.05, 0.1) is 0 Å². The van der Waals surface area contributed by atoms with E-state index in [-0.39, 0.29) is 24.1 Å². The molecule has 1 aromatic carbocycles. The van der Waals surface area contributed by atoms with E-state index in [2.05, 4.69) is 72.6 Å². The van der Waals surface area contributed by atoms with E-state index in [1.807, 2.05) is 19.1 Å². The maximum absolute atomic E-state index is 12.4. The summed E-state index contributed by atoms with van der Waals surface area (Å²) in [5.41, 5.74) is 2.22. The van der Waals surface area contributed by atoms with Gasteiger partial charge < -0.3 is 21.3 Å². The first-order valence-electron chi connectivity index (χ1n) is 11.4. The van der Waals surface area contributed by atoms with E-state index < -0.39 is 0 Å². The lowest BCUT2D eigenvalue weighted by Gasteiger charge is -2.26. The molecular weight excluding hydrogens is 392 g/mol. The molecule has 0 spiro atoms. The summed E-state index contributed by atoms with van der Waals surface area (Å²) in [7, 11) is 0. The summed E-state index contributed by atoms with van der Waals surface area (Å²) < 4.78 is 0. The van der Waals surface area contributed by atoms with Gasteiger partial charge in [0, 0.05) is 36.5 Å². The van der Waals surface area contributed by atoms with Crippen LogP contribution in [0.3, 0.4) is 0 Å². The zero-order chi connectivity index (χ0) is 23.4. The number of anilines is 2. The topological polar surface area (TPSA) is 88.7 Å². The van der Waals surface area contributed by atoms with Crippen LogP contribution >= 0.6 is 0 Å². The minimum atomic E-state index is -0.258. The number of nitrogens with zero attached hydrogens (tertiary/aromatic N) is 2. The minimum Gasteiger partial charge on any atom is -0.336 e. The third-order valence-corrected chi connectivity index (χ3v) is 5.73. The normalized spacial score (nSPS) is 13.1. The highest BCUT2D eigenvalue weighted by Gasteiger charge is 2.13. The Kier molecular flexibility index (Phi) is 12.0. The number of rotatable bonds is 12. The van der Waals surface area contributed by atoms with Crippen molar-refractivity contribution in [1.82, 2.24) is 20.4 Å². The van der Waals surface area contributed by atoms with Crippen LogP contribution in [0.2, 0.25) is 0 Å². The maximum Gasteiger partial charge on any atom is 0.319 e. The first-order valence-corrected chi connectivity index (χ1v) is 11.4. The summed E-state index contributed by atoms with van der Waals surface area (Å²) in [6.45, 7) is 19.5. The van der Waals surface area contributed by atoms with Crippen LogP contribution in [0.1, 0.15) is 47.1 Å². The van der Waals surface area contributed by atoms with Crippen molar-refractivity contribution in [3.05, 3.63) is 23.8 Å². The van der Waals surface area contributed by atoms with Gasteiger partial charge in [0.2, 0.25) is 0 Å². The summed E-state index contributed by atoms with van der Waals surface area (Å²) in [4.78, 5) is 29.2. The molecule has 0 radical (unpaired) electrons. The number of carbonyl (C=O) groups excluding carboxylic acids is 2. The molecule has 31 heavy (non-hydrogen) atoms. The number of urea groups is 2. The standard InChI is InChI=1S/C23H42N6O2/c1-8-28(9-2)18(6)15-24-22(30)26-20-13-12-17(5)21(14-20)27-23(31)25-16-19(7)29(10-3)11-4/h12-14,18-19H,8-11,15-16H2,1-7H3,(H2,24,26,30)(H2,25,27,31)/t18-,19+/m0/s1. The third-order valence-electron chi connectivity index (χ3n) is 5.73. The fraction of sp³-hybridized carbons (Fsp3) is 0.652. The second kappa shape index (κ2) is 13.9. The number of hydrogen-bond donors (Lipinski definition) is 4. The van der Waals surface area contributed by atoms with Crippen molar-refractivity contribution in [2.75, 3.05) is 49.9 Å². The largest absolute Gasteiger partial charge is 0.336 e. The van der Waals surface area contributed by atoms with Crippen molar-refractivity contribution in [2.45, 2.75) is 60.5 Å². The zero-order valence-electron chi connectivity index (χ0n) is 20.3. The average Bonchev–Trinajstić information content (AvgIpc) is 2.75. The molecule has 8 nitrogen and oxygen atoms in total. The van der Waals surface area contributed by atoms with Crippen LogP contribution in [-0.2, 0) is 0 Å². The lowest BCUT2D eigenvalue weighted by Crippen LogP contribution is -2.43. The first kappa shape index (κ1) is 26.7. The molecule has 1 aromatic rings. The van der Waals surface area contributed by atoms with Crippen LogP contribution in [0.25, 0.3) is 0 Å². The molecular formula is C23H42N6O2. The van der Waals surface area contributed by atoms with Gasteiger partial charge in [0.15, 0.2) is 0 Å². The minimum absolute atomic E-state index is 0.253. The Morgan fingerprint density at radius 2 is 1.26 bits per heavy atom. The van der Waals surface area contributed by atoms with Crippen molar-refractivity contribution in [3.8, 4) is 0 Å². The van der Waals surface area contributed by atoms with E-state index >= 15 is 0 Å². The molecule has 0 bridgehead atoms. The average molecular weight is 435 g/mol. The molecule has 0 heterocycles. The van der Waals surface area contributed by atoms with Gasteiger partial charge in [-0.1, -0.05) is 33.8 Å². The molecule has 0 fully saturated rings. The van der Waals surface area contributed by atoms with Crippen LogP contribution in [0, 0.1) is 6.92 Å². The molecule has 4 N–H and O–H groups in total. The Morgan fingerprint density at radius 3 is 1.71 bits per heavy atom. The van der Waals surface area contributed by atoms with E-state index in [1.165, 1.54) is 0 Å². The monoisotopic (exact) mass is 434 g/mol. The van der Waals surface area contributed by atoms with Gasteiger partial charge in [-0.15, -0.1) is 0 Å². The first-order chi connectivity index (χ1) is 14.7. The fourth-order valence-electron chi connectivity index (χ4n) is 3.61. The molecule has 0 aromatic heterocycles. The molecule has 0 saturated carbocycles. The predicted octanol–water partition coefficient (Wildman–Crippen LogP) is 3.70. The summed E-state index contributed by atoms with van der Waals surface area (Å²) in [6.07, 6.45) is 0. The Bertz CT molecular complexity index is 689. The van der Waals surface area contributed by atoms with Crippen molar-refractivity contribution in [2.24, 2.45) is 0 Å². The molecule has 0 unspecified atom stereocenters. The van der Waals surface area contributed by atoms with Crippen LogP contribution in [0.5, 0.6) is 0 Å². The van der Waals surface area contributed by atoms with Crippen LogP contribution < -0.4 is 21.3 Å². The van der Waals surface area contributed by atoms with E-state index in [0.29, 0.717) is 24.5 Å². The van der Waals surface area contributed by atoms with Gasteiger partial charge in [-0.25, -0.2) is 9.59 Å². The van der Waals surface area contributed by atoms with Gasteiger partial charge in [-0.3, -0.25) is 9.80 Å². The van der Waals surface area contributed by atoms with Crippen molar-refractivity contribution < 1.29 is 9.59 Å². The SMILES string of the molecule is CCN(CC)[C@H](C)CNC(=O)Nc1cc(NC(=O)NC[C@H](C)N(CC)CC)ccc1C. The molecule has 2 atom stereocenters. The third kappa shape index (κ3) is 9.14. The van der Waals surface area contributed by atoms with Gasteiger partial charge in [-0.2, -0.15) is 0 Å². The van der Waals surface area contributed by atoms with Crippen LogP contribution in [0.15, 0.2) is 18.2 Å². The molecule has 1 rings (SSSR count). The smallest absolute Gasteiger partial charge is 0.319 e.